The van der Waals surface area contributed by atoms with Gasteiger partial charge in [0.25, 0.3) is 5.56 Å². The third kappa shape index (κ3) is 23.3. The minimum absolute atomic E-state index is 0. The number of aryl methyl sites for hydroxylation is 5. The number of H-pyrrole nitrogens is 1. The van der Waals surface area contributed by atoms with Crippen LogP contribution in [0.3, 0.4) is 0 Å². The van der Waals surface area contributed by atoms with E-state index >= 15 is 0 Å². The summed E-state index contributed by atoms with van der Waals surface area (Å²) in [6.07, 6.45) is 1.44. The topological polar surface area (TPSA) is 167 Å². The first kappa shape index (κ1) is 68.1. The van der Waals surface area contributed by atoms with Crippen LogP contribution in [0.5, 0.6) is 0 Å². The van der Waals surface area contributed by atoms with Crippen LogP contribution in [0.15, 0.2) is 154 Å². The molecule has 0 aliphatic carbocycles. The quantitative estimate of drug-likeness (QED) is 0.0758. The minimum atomic E-state index is -4.55. The molecule has 0 spiro atoms. The van der Waals surface area contributed by atoms with Crippen molar-refractivity contribution >= 4 is 20.3 Å². The largest absolute Gasteiger partial charge is 1.00 e. The van der Waals surface area contributed by atoms with Gasteiger partial charge < -0.3 is 15.3 Å². The Morgan fingerprint density at radius 1 is 0.636 bits per heavy atom. The molecule has 0 aliphatic heterocycles. The maximum atomic E-state index is 12.6. The van der Waals surface area contributed by atoms with Gasteiger partial charge in [0.15, 0.2) is 5.03 Å². The SMILES string of the molecule is CC.CC.CC.CC.CC.CO.Cc1cc(C)c2ccccc2c1.Cc1ccc(-n2[nH]c(CO[O-])c(C)c2=O)cc1.Cc1ccc(S(N)(=O)(O)c2ccccn2)cc1.Cc1ccccc1.[Na+]. The molecule has 7 rings (SSSR count). The first-order chi connectivity index (χ1) is 31.2. The molecule has 0 aliphatic rings. The molecule has 0 unspecified atom stereocenters. The minimum Gasteiger partial charge on any atom is -0.723 e. The second-order valence-corrected chi connectivity index (χ2v) is 15.7. The molecular formula is C54H81N4NaO6S. The Balaban J connectivity index is -0.000000368. The third-order valence-corrected chi connectivity index (χ3v) is 10.6. The predicted molar refractivity (Wildman–Crippen MR) is 277 cm³/mol. The van der Waals surface area contributed by atoms with Crippen molar-refractivity contribution in [3.8, 4) is 5.69 Å². The number of benzene rings is 5. The van der Waals surface area contributed by atoms with Crippen LogP contribution >= 0.6 is 0 Å². The molecule has 0 bridgehead atoms. The van der Waals surface area contributed by atoms with Crippen LogP contribution in [0.25, 0.3) is 16.5 Å². The molecule has 0 radical (unpaired) electrons. The average molecular weight is 937 g/mol. The zero-order valence-corrected chi connectivity index (χ0v) is 46.2. The van der Waals surface area contributed by atoms with Crippen molar-refractivity contribution in [3.63, 3.8) is 0 Å². The van der Waals surface area contributed by atoms with Crippen LogP contribution in [0, 0.1) is 41.5 Å². The molecule has 0 amide bonds. The number of fused-ring (bicyclic) bond motifs is 1. The van der Waals surface area contributed by atoms with Gasteiger partial charge in [0.2, 0.25) is 0 Å². The van der Waals surface area contributed by atoms with E-state index < -0.39 is 9.53 Å². The second-order valence-electron chi connectivity index (χ2n) is 12.9. The Bertz CT molecular complexity index is 2360. The first-order valence-electron chi connectivity index (χ1n) is 22.4. The van der Waals surface area contributed by atoms with Crippen molar-refractivity contribution < 1.29 is 53.6 Å². The number of hydrogen-bond acceptors (Lipinski definition) is 6. The van der Waals surface area contributed by atoms with Crippen LogP contribution in [-0.2, 0) is 21.0 Å². The van der Waals surface area contributed by atoms with E-state index in [1.165, 1.54) is 44.4 Å². The van der Waals surface area contributed by atoms with Crippen LogP contribution in [-0.4, -0.2) is 35.7 Å². The molecule has 0 saturated heterocycles. The molecule has 2 aromatic heterocycles. The standard InChI is InChI=1S/C12H14N2O3.C12H14N2O2S.C12H12.C7H8.5C2H6.CH4O.Na/c1-8-3-5-10(6-4-8)14-12(15)9(2)11(13-14)7-17-16;1-10-5-7-11(8-6-10)17(13,15,16)12-4-2-3-9-14-12;1-9-7-10(2)12-6-4-3-5-11(12)8-9;1-7-5-3-2-4-6-7;6*1-2;/h3-6,13,16H,7H2,1-2H3;2-9H,1H3,(H3,13,15,16);3-8H,1-2H3;2-6H,1H3;5*1-2H3;2H,1H3;/q;;;;;;;;;;+1/p-1. The van der Waals surface area contributed by atoms with E-state index in [1.807, 2.05) is 126 Å². The fourth-order valence-corrected chi connectivity index (χ4v) is 6.88. The van der Waals surface area contributed by atoms with Crippen molar-refractivity contribution in [3.05, 3.63) is 189 Å². The van der Waals surface area contributed by atoms with Gasteiger partial charge in [-0.25, -0.2) is 14.8 Å². The van der Waals surface area contributed by atoms with Gasteiger partial charge in [-0.1, -0.05) is 198 Å². The molecule has 5 aromatic carbocycles. The van der Waals surface area contributed by atoms with Gasteiger partial charge in [-0.3, -0.25) is 14.4 Å². The van der Waals surface area contributed by atoms with E-state index in [1.54, 1.807) is 43.3 Å². The van der Waals surface area contributed by atoms with Gasteiger partial charge in [0.05, 0.1) is 22.9 Å². The first-order valence-corrected chi connectivity index (χ1v) is 24.4. The summed E-state index contributed by atoms with van der Waals surface area (Å²) in [5.41, 5.74) is 7.72. The summed E-state index contributed by atoms with van der Waals surface area (Å²) in [6.45, 7) is 31.8. The van der Waals surface area contributed by atoms with Gasteiger partial charge >= 0.3 is 29.6 Å². The zero-order chi connectivity index (χ0) is 50.6. The van der Waals surface area contributed by atoms with E-state index in [0.29, 0.717) is 11.3 Å². The van der Waals surface area contributed by atoms with E-state index in [0.717, 1.165) is 23.9 Å². The van der Waals surface area contributed by atoms with Crippen LogP contribution in [0.4, 0.5) is 0 Å². The Kier molecular flexibility index (Phi) is 39.8. The predicted octanol–water partition coefficient (Wildman–Crippen LogP) is 9.74. The number of aliphatic hydroxyl groups excluding tert-OH is 1. The number of pyridine rings is 1. The number of nitrogens with one attached hydrogen (secondary N) is 1. The molecule has 5 N–H and O–H groups in total. The average Bonchev–Trinajstić information content (AvgIpc) is 3.63. The van der Waals surface area contributed by atoms with Crippen molar-refractivity contribution in [1.82, 2.24) is 14.8 Å². The molecule has 7 aromatic rings. The van der Waals surface area contributed by atoms with Crippen LogP contribution in [0.1, 0.15) is 108 Å². The molecule has 10 nitrogen and oxygen atoms in total. The Labute approximate surface area is 420 Å². The molecule has 0 fully saturated rings. The smallest absolute Gasteiger partial charge is 0.723 e. The fourth-order valence-electron chi connectivity index (χ4n) is 5.37. The number of rotatable bonds is 5. The van der Waals surface area contributed by atoms with Crippen LogP contribution < -0.4 is 45.5 Å². The summed E-state index contributed by atoms with van der Waals surface area (Å²) in [4.78, 5) is 19.8. The van der Waals surface area contributed by atoms with Gasteiger partial charge in [-0.15, -0.1) is 0 Å². The maximum Gasteiger partial charge on any atom is 1.00 e. The van der Waals surface area contributed by atoms with Crippen molar-refractivity contribution in [2.75, 3.05) is 7.11 Å². The fraction of sp³-hybridized carbons (Fsp3) is 0.333. The number of aliphatic hydroxyl groups is 1. The molecular weight excluding hydrogens is 856 g/mol. The van der Waals surface area contributed by atoms with Gasteiger partial charge in [-0.2, -0.15) is 4.21 Å². The number of aromatic nitrogens is 3. The second kappa shape index (κ2) is 38.6. The van der Waals surface area contributed by atoms with Crippen molar-refractivity contribution in [2.24, 2.45) is 5.14 Å². The number of nitrogens with zero attached hydrogens (tertiary/aromatic N) is 2. The number of nitrogens with two attached hydrogens (primary N) is 1. The number of hydrogen-bond donors (Lipinski definition) is 4. The molecule has 0 atom stereocenters. The molecule has 360 valence electrons. The van der Waals surface area contributed by atoms with Crippen molar-refractivity contribution in [2.45, 2.75) is 127 Å². The molecule has 0 saturated carbocycles. The Morgan fingerprint density at radius 2 is 1.09 bits per heavy atom. The molecule has 2 heterocycles. The summed E-state index contributed by atoms with van der Waals surface area (Å²) in [7, 11) is -3.55. The third-order valence-electron chi connectivity index (χ3n) is 8.39. The summed E-state index contributed by atoms with van der Waals surface area (Å²) in [5, 5.41) is 28.4. The normalized spacial score (nSPS) is 9.74. The number of aromatic amines is 1. The molecule has 66 heavy (non-hydrogen) atoms. The van der Waals surface area contributed by atoms with E-state index in [2.05, 4.69) is 84.3 Å². The van der Waals surface area contributed by atoms with Gasteiger partial charge in [0, 0.05) is 18.9 Å². The monoisotopic (exact) mass is 937 g/mol. The maximum absolute atomic E-state index is 12.6. The van der Waals surface area contributed by atoms with Crippen LogP contribution in [0.2, 0.25) is 0 Å². The Morgan fingerprint density at radius 3 is 1.55 bits per heavy atom. The van der Waals surface area contributed by atoms with Gasteiger partial charge in [0.1, 0.15) is 0 Å². The summed E-state index contributed by atoms with van der Waals surface area (Å²) in [6, 6.07) is 42.1. The summed E-state index contributed by atoms with van der Waals surface area (Å²) in [5.74, 6) is 0. The summed E-state index contributed by atoms with van der Waals surface area (Å²) >= 11 is 0. The van der Waals surface area contributed by atoms with E-state index in [4.69, 9.17) is 10.2 Å². The molecule has 12 heteroatoms. The van der Waals surface area contributed by atoms with E-state index in [-0.39, 0.29) is 51.6 Å². The Hall–Kier alpha value is -4.53. The zero-order valence-electron chi connectivity index (χ0n) is 43.4. The van der Waals surface area contributed by atoms with Gasteiger partial charge in [-0.05, 0) is 94.3 Å². The summed E-state index contributed by atoms with van der Waals surface area (Å²) < 4.78 is 24.3. The van der Waals surface area contributed by atoms with Crippen molar-refractivity contribution in [1.29, 1.82) is 0 Å². The van der Waals surface area contributed by atoms with E-state index in [9.17, 15) is 18.8 Å².